The van der Waals surface area contributed by atoms with E-state index >= 15 is 0 Å². The van der Waals surface area contributed by atoms with Gasteiger partial charge in [0.05, 0.1) is 23.1 Å². The predicted molar refractivity (Wildman–Crippen MR) is 108 cm³/mol. The van der Waals surface area contributed by atoms with Gasteiger partial charge in [-0.05, 0) is 42.7 Å². The van der Waals surface area contributed by atoms with Crippen molar-refractivity contribution >= 4 is 32.8 Å². The molecule has 1 saturated heterocycles. The summed E-state index contributed by atoms with van der Waals surface area (Å²) in [6.45, 7) is 1.15. The number of fused-ring (bicyclic) bond motifs is 2. The molecule has 0 N–H and O–H groups in total. The Bertz CT molecular complexity index is 1130. The van der Waals surface area contributed by atoms with Gasteiger partial charge in [0.15, 0.2) is 5.43 Å². The lowest BCUT2D eigenvalue weighted by atomic mass is 9.98. The van der Waals surface area contributed by atoms with E-state index in [0.717, 1.165) is 22.9 Å². The first kappa shape index (κ1) is 17.6. The molecule has 0 saturated carbocycles. The number of ether oxygens (including phenoxy) is 1. The van der Waals surface area contributed by atoms with Crippen LogP contribution in [0.1, 0.15) is 40.6 Å². The number of carbonyl (C=O) groups is 1. The maximum Gasteiger partial charge on any atom is 0.291 e. The van der Waals surface area contributed by atoms with Crippen LogP contribution in [0.5, 0.6) is 0 Å². The summed E-state index contributed by atoms with van der Waals surface area (Å²) in [6.07, 6.45) is 1.88. The summed E-state index contributed by atoms with van der Waals surface area (Å²) in [5, 5.41) is 0.494. The van der Waals surface area contributed by atoms with Crippen LogP contribution in [-0.2, 0) is 4.74 Å². The van der Waals surface area contributed by atoms with E-state index in [2.05, 4.69) is 15.9 Å². The Morgan fingerprint density at radius 3 is 2.75 bits per heavy atom. The fourth-order valence-electron chi connectivity index (χ4n) is 4.19. The van der Waals surface area contributed by atoms with Gasteiger partial charge in [-0.25, -0.2) is 0 Å². The molecule has 142 valence electrons. The van der Waals surface area contributed by atoms with Crippen LogP contribution in [0.4, 0.5) is 0 Å². The van der Waals surface area contributed by atoms with Gasteiger partial charge in [0.25, 0.3) is 5.91 Å². The highest BCUT2D eigenvalue weighted by atomic mass is 79.9. The Hall–Kier alpha value is -2.44. The maximum absolute atomic E-state index is 13.3. The van der Waals surface area contributed by atoms with Gasteiger partial charge in [0.2, 0.25) is 5.76 Å². The van der Waals surface area contributed by atoms with Crippen LogP contribution in [0.25, 0.3) is 11.0 Å². The minimum absolute atomic E-state index is 0.0163. The number of carbonyl (C=O) groups excluding carboxylic acids is 1. The van der Waals surface area contributed by atoms with Crippen molar-refractivity contribution in [2.75, 3.05) is 13.2 Å². The molecule has 0 spiro atoms. The summed E-state index contributed by atoms with van der Waals surface area (Å²) >= 11 is 3.50. The summed E-state index contributed by atoms with van der Waals surface area (Å²) < 4.78 is 12.6. The second-order valence-electron chi connectivity index (χ2n) is 7.22. The maximum atomic E-state index is 13.3. The molecule has 0 bridgehead atoms. The van der Waals surface area contributed by atoms with Crippen molar-refractivity contribution in [3.05, 3.63) is 80.1 Å². The van der Waals surface area contributed by atoms with Crippen molar-refractivity contribution in [2.45, 2.75) is 25.0 Å². The third kappa shape index (κ3) is 2.79. The minimum atomic E-state index is -0.481. The molecular weight excluding hydrogens is 422 g/mol. The molecule has 3 heterocycles. The summed E-state index contributed by atoms with van der Waals surface area (Å²) in [4.78, 5) is 28.3. The van der Waals surface area contributed by atoms with E-state index < -0.39 is 6.04 Å². The van der Waals surface area contributed by atoms with E-state index in [1.54, 1.807) is 29.2 Å². The molecule has 0 radical (unpaired) electrons. The average Bonchev–Trinajstić information content (AvgIpc) is 3.30. The lowest BCUT2D eigenvalue weighted by Gasteiger charge is -2.27. The number of benzene rings is 2. The molecular formula is C22H18BrNO4. The van der Waals surface area contributed by atoms with Crippen LogP contribution < -0.4 is 5.43 Å². The van der Waals surface area contributed by atoms with Gasteiger partial charge in [0, 0.05) is 17.6 Å². The summed E-state index contributed by atoms with van der Waals surface area (Å²) in [6, 6.07) is 14.3. The number of rotatable bonds is 3. The van der Waals surface area contributed by atoms with Crippen LogP contribution in [0.15, 0.2) is 62.2 Å². The van der Waals surface area contributed by atoms with Gasteiger partial charge in [-0.15, -0.1) is 0 Å². The van der Waals surface area contributed by atoms with Crippen molar-refractivity contribution in [1.29, 1.82) is 0 Å². The largest absolute Gasteiger partial charge is 0.450 e. The highest BCUT2D eigenvalue weighted by Gasteiger charge is 2.43. The number of hydrogen-bond donors (Lipinski definition) is 0. The fraction of sp³-hybridized carbons (Fsp3) is 0.273. The Balaban J connectivity index is 1.71. The van der Waals surface area contributed by atoms with Crippen LogP contribution in [0.3, 0.4) is 0 Å². The van der Waals surface area contributed by atoms with E-state index in [-0.39, 0.29) is 23.2 Å². The first-order chi connectivity index (χ1) is 13.6. The molecule has 2 aliphatic heterocycles. The number of halogens is 1. The monoisotopic (exact) mass is 439 g/mol. The Labute approximate surface area is 170 Å². The highest BCUT2D eigenvalue weighted by Crippen LogP contribution is 2.39. The van der Waals surface area contributed by atoms with Crippen LogP contribution in [0, 0.1) is 0 Å². The van der Waals surface area contributed by atoms with Crippen LogP contribution in [0.2, 0.25) is 0 Å². The predicted octanol–water partition coefficient (Wildman–Crippen LogP) is 4.28. The molecule has 1 fully saturated rings. The molecule has 5 rings (SSSR count). The minimum Gasteiger partial charge on any atom is -0.450 e. The first-order valence-corrected chi connectivity index (χ1v) is 10.2. The van der Waals surface area contributed by atoms with E-state index in [0.29, 0.717) is 29.7 Å². The fourth-order valence-corrected chi connectivity index (χ4v) is 4.60. The molecule has 2 aliphatic rings. The van der Waals surface area contributed by atoms with Gasteiger partial charge in [0.1, 0.15) is 5.58 Å². The van der Waals surface area contributed by atoms with E-state index in [1.807, 2.05) is 24.3 Å². The molecule has 2 atom stereocenters. The number of amides is 1. The third-order valence-electron chi connectivity index (χ3n) is 5.46. The normalized spacial score (nSPS) is 21.5. The molecule has 6 heteroatoms. The van der Waals surface area contributed by atoms with Crippen molar-refractivity contribution in [3.63, 3.8) is 0 Å². The second-order valence-corrected chi connectivity index (χ2v) is 8.14. The van der Waals surface area contributed by atoms with Crippen molar-refractivity contribution in [3.8, 4) is 0 Å². The van der Waals surface area contributed by atoms with Crippen LogP contribution >= 0.6 is 15.9 Å². The van der Waals surface area contributed by atoms with Gasteiger partial charge < -0.3 is 14.1 Å². The van der Waals surface area contributed by atoms with Crippen LogP contribution in [-0.4, -0.2) is 30.1 Å². The standard InChI is InChI=1S/C22H18BrNO4/c23-14-6-3-5-13(11-14)19-18-20(25)16-8-1-2-9-17(16)28-21(18)22(26)24(19)12-15-7-4-10-27-15/h1-3,5-6,8-9,11,15,19H,4,7,10,12H2. The molecule has 5 nitrogen and oxygen atoms in total. The van der Waals surface area contributed by atoms with Gasteiger partial charge in [-0.1, -0.05) is 40.2 Å². The van der Waals surface area contributed by atoms with E-state index in [4.69, 9.17) is 9.15 Å². The molecule has 2 unspecified atom stereocenters. The molecule has 2 aromatic carbocycles. The van der Waals surface area contributed by atoms with Crippen molar-refractivity contribution in [1.82, 2.24) is 4.90 Å². The Morgan fingerprint density at radius 1 is 1.11 bits per heavy atom. The van der Waals surface area contributed by atoms with E-state index in [1.165, 1.54) is 0 Å². The van der Waals surface area contributed by atoms with Crippen molar-refractivity contribution in [2.24, 2.45) is 0 Å². The lowest BCUT2D eigenvalue weighted by Crippen LogP contribution is -2.36. The second kappa shape index (κ2) is 6.87. The number of para-hydroxylation sites is 1. The highest BCUT2D eigenvalue weighted by molar-refractivity contribution is 9.10. The molecule has 1 aromatic heterocycles. The molecule has 0 aliphatic carbocycles. The van der Waals surface area contributed by atoms with Gasteiger partial charge >= 0.3 is 0 Å². The molecule has 28 heavy (non-hydrogen) atoms. The van der Waals surface area contributed by atoms with Gasteiger partial charge in [-0.2, -0.15) is 0 Å². The first-order valence-electron chi connectivity index (χ1n) is 9.37. The Kier molecular flexibility index (Phi) is 4.33. The number of nitrogens with zero attached hydrogens (tertiary/aromatic N) is 1. The summed E-state index contributed by atoms with van der Waals surface area (Å²) in [7, 11) is 0. The molecule has 3 aromatic rings. The average molecular weight is 440 g/mol. The topological polar surface area (TPSA) is 59.8 Å². The lowest BCUT2D eigenvalue weighted by molar-refractivity contribution is 0.0486. The number of hydrogen-bond acceptors (Lipinski definition) is 4. The van der Waals surface area contributed by atoms with Crippen molar-refractivity contribution < 1.29 is 13.9 Å². The van der Waals surface area contributed by atoms with Gasteiger partial charge in [-0.3, -0.25) is 9.59 Å². The smallest absolute Gasteiger partial charge is 0.291 e. The third-order valence-corrected chi connectivity index (χ3v) is 5.96. The molecule has 1 amide bonds. The quantitative estimate of drug-likeness (QED) is 0.610. The SMILES string of the molecule is O=C1c2oc3ccccc3c(=O)c2C(c2cccc(Br)c2)N1CC1CCCO1. The zero-order valence-corrected chi connectivity index (χ0v) is 16.6. The zero-order valence-electron chi connectivity index (χ0n) is 15.1. The zero-order chi connectivity index (χ0) is 19.3. The summed E-state index contributed by atoms with van der Waals surface area (Å²) in [5.41, 5.74) is 1.58. The Morgan fingerprint density at radius 2 is 1.96 bits per heavy atom. The van der Waals surface area contributed by atoms with E-state index in [9.17, 15) is 9.59 Å². The summed E-state index contributed by atoms with van der Waals surface area (Å²) in [5.74, 6) is -0.106.